The lowest BCUT2D eigenvalue weighted by molar-refractivity contribution is 0.0388. The first-order valence-corrected chi connectivity index (χ1v) is 8.08. The van der Waals surface area contributed by atoms with Crippen LogP contribution in [0.5, 0.6) is 0 Å². The number of hydrogen-bond acceptors (Lipinski definition) is 4. The third-order valence-corrected chi connectivity index (χ3v) is 4.98. The Labute approximate surface area is 121 Å². The molecule has 0 saturated carbocycles. The van der Waals surface area contributed by atoms with Crippen LogP contribution < -0.4 is 5.32 Å². The van der Waals surface area contributed by atoms with E-state index in [2.05, 4.69) is 30.1 Å². The molecule has 0 amide bonds. The molecule has 108 valence electrons. The number of thiophene rings is 1. The molecule has 1 aromatic heterocycles. The molecule has 0 atom stereocenters. The van der Waals surface area contributed by atoms with E-state index >= 15 is 0 Å². The molecule has 0 spiro atoms. The van der Waals surface area contributed by atoms with E-state index in [1.807, 2.05) is 18.4 Å². The second-order valence-corrected chi connectivity index (χ2v) is 6.63. The average molecular weight is 282 g/mol. The van der Waals surface area contributed by atoms with Crippen molar-refractivity contribution in [3.05, 3.63) is 21.4 Å². The van der Waals surface area contributed by atoms with Crippen molar-refractivity contribution >= 4 is 11.3 Å². The molecule has 1 saturated heterocycles. The number of rotatable bonds is 6. The van der Waals surface area contributed by atoms with E-state index in [4.69, 9.17) is 4.74 Å². The molecule has 0 bridgehead atoms. The van der Waals surface area contributed by atoms with Gasteiger partial charge in [-0.25, -0.2) is 0 Å². The van der Waals surface area contributed by atoms with E-state index in [-0.39, 0.29) is 0 Å². The molecule has 2 heterocycles. The molecule has 0 unspecified atom stereocenters. The van der Waals surface area contributed by atoms with Gasteiger partial charge in [0, 0.05) is 43.0 Å². The number of hydrogen-bond donors (Lipinski definition) is 1. The van der Waals surface area contributed by atoms with Crippen molar-refractivity contribution in [2.75, 3.05) is 26.7 Å². The number of aryl methyl sites for hydroxylation is 1. The standard InChI is InChI=1S/C15H26N2OS/c1-4-16-10-15-9-13(12(2)19-15)11-17-7-5-14(18-3)6-8-17/h9,14,16H,4-8,10-11H2,1-3H3. The smallest absolute Gasteiger partial charge is 0.0595 e. The van der Waals surface area contributed by atoms with Gasteiger partial charge in [-0.15, -0.1) is 11.3 Å². The van der Waals surface area contributed by atoms with Crippen molar-refractivity contribution < 1.29 is 4.74 Å². The lowest BCUT2D eigenvalue weighted by Gasteiger charge is -2.31. The number of ether oxygens (including phenoxy) is 1. The van der Waals surface area contributed by atoms with Crippen molar-refractivity contribution in [2.45, 2.75) is 45.9 Å². The summed E-state index contributed by atoms with van der Waals surface area (Å²) >= 11 is 1.93. The molecule has 1 aliphatic heterocycles. The van der Waals surface area contributed by atoms with Gasteiger partial charge in [0.15, 0.2) is 0 Å². The summed E-state index contributed by atoms with van der Waals surface area (Å²) in [5.74, 6) is 0. The maximum Gasteiger partial charge on any atom is 0.0595 e. The van der Waals surface area contributed by atoms with Gasteiger partial charge in [-0.3, -0.25) is 4.90 Å². The Hall–Kier alpha value is -0.420. The van der Waals surface area contributed by atoms with Crippen LogP contribution >= 0.6 is 11.3 Å². The van der Waals surface area contributed by atoms with Gasteiger partial charge in [0.05, 0.1) is 6.10 Å². The molecule has 1 fully saturated rings. The summed E-state index contributed by atoms with van der Waals surface area (Å²) in [4.78, 5) is 5.49. The maximum atomic E-state index is 5.43. The highest BCUT2D eigenvalue weighted by Crippen LogP contribution is 2.24. The zero-order valence-corrected chi connectivity index (χ0v) is 13.2. The van der Waals surface area contributed by atoms with Crippen LogP contribution in [0.3, 0.4) is 0 Å². The highest BCUT2D eigenvalue weighted by Gasteiger charge is 2.19. The SMILES string of the molecule is CCNCc1cc(CN2CCC(OC)CC2)c(C)s1. The van der Waals surface area contributed by atoms with Gasteiger partial charge in [0.1, 0.15) is 0 Å². The summed E-state index contributed by atoms with van der Waals surface area (Å²) < 4.78 is 5.43. The molecule has 1 N–H and O–H groups in total. The molecule has 4 heteroatoms. The lowest BCUT2D eigenvalue weighted by atomic mass is 10.1. The van der Waals surface area contributed by atoms with Gasteiger partial charge < -0.3 is 10.1 Å². The van der Waals surface area contributed by atoms with E-state index < -0.39 is 0 Å². The Morgan fingerprint density at radius 3 is 2.79 bits per heavy atom. The van der Waals surface area contributed by atoms with E-state index in [1.54, 1.807) is 0 Å². The molecule has 3 nitrogen and oxygen atoms in total. The largest absolute Gasteiger partial charge is 0.381 e. The molecular weight excluding hydrogens is 256 g/mol. The van der Waals surface area contributed by atoms with Crippen LogP contribution in [0.15, 0.2) is 6.07 Å². The predicted molar refractivity (Wildman–Crippen MR) is 81.7 cm³/mol. The molecule has 1 aromatic rings. The van der Waals surface area contributed by atoms with Crippen molar-refractivity contribution in [2.24, 2.45) is 0 Å². The number of nitrogens with one attached hydrogen (secondary N) is 1. The summed E-state index contributed by atoms with van der Waals surface area (Å²) in [6, 6.07) is 2.38. The summed E-state index contributed by atoms with van der Waals surface area (Å²) in [7, 11) is 1.83. The summed E-state index contributed by atoms with van der Waals surface area (Å²) in [5.41, 5.74) is 1.51. The summed E-state index contributed by atoms with van der Waals surface area (Å²) in [5, 5.41) is 3.40. The van der Waals surface area contributed by atoms with Gasteiger partial charge in [-0.1, -0.05) is 6.92 Å². The molecular formula is C15H26N2OS. The fourth-order valence-electron chi connectivity index (χ4n) is 2.62. The third kappa shape index (κ3) is 4.28. The first-order valence-electron chi connectivity index (χ1n) is 7.27. The number of methoxy groups -OCH3 is 1. The molecule has 0 radical (unpaired) electrons. The summed E-state index contributed by atoms with van der Waals surface area (Å²) in [6.07, 6.45) is 2.82. The van der Waals surface area contributed by atoms with Crippen molar-refractivity contribution in [1.82, 2.24) is 10.2 Å². The first-order chi connectivity index (χ1) is 9.22. The molecule has 0 aromatic carbocycles. The van der Waals surface area contributed by atoms with Crippen LogP contribution in [-0.2, 0) is 17.8 Å². The van der Waals surface area contributed by atoms with Gasteiger partial charge in [0.25, 0.3) is 0 Å². The minimum absolute atomic E-state index is 0.476. The van der Waals surface area contributed by atoms with Gasteiger partial charge in [0.2, 0.25) is 0 Å². The quantitative estimate of drug-likeness (QED) is 0.868. The topological polar surface area (TPSA) is 24.5 Å². The van der Waals surface area contributed by atoms with Crippen LogP contribution in [0, 0.1) is 6.92 Å². The molecule has 0 aliphatic carbocycles. The minimum atomic E-state index is 0.476. The van der Waals surface area contributed by atoms with E-state index in [9.17, 15) is 0 Å². The zero-order valence-electron chi connectivity index (χ0n) is 12.4. The zero-order chi connectivity index (χ0) is 13.7. The molecule has 19 heavy (non-hydrogen) atoms. The van der Waals surface area contributed by atoms with Crippen molar-refractivity contribution in [3.8, 4) is 0 Å². The van der Waals surface area contributed by atoms with Crippen LogP contribution in [0.1, 0.15) is 35.1 Å². The Morgan fingerprint density at radius 1 is 1.42 bits per heavy atom. The van der Waals surface area contributed by atoms with Crippen LogP contribution in [0.2, 0.25) is 0 Å². The Morgan fingerprint density at radius 2 is 2.16 bits per heavy atom. The fourth-order valence-corrected chi connectivity index (χ4v) is 3.65. The van der Waals surface area contributed by atoms with E-state index in [0.29, 0.717) is 6.10 Å². The predicted octanol–water partition coefficient (Wildman–Crippen LogP) is 2.78. The first kappa shape index (κ1) is 15.0. The van der Waals surface area contributed by atoms with Gasteiger partial charge >= 0.3 is 0 Å². The Balaban J connectivity index is 1.87. The molecule has 1 aliphatic rings. The number of nitrogens with zero attached hydrogens (tertiary/aromatic N) is 1. The third-order valence-electron chi connectivity index (χ3n) is 3.88. The van der Waals surface area contributed by atoms with Crippen molar-refractivity contribution in [3.63, 3.8) is 0 Å². The highest BCUT2D eigenvalue weighted by molar-refractivity contribution is 7.12. The normalized spacial score (nSPS) is 18.1. The van der Waals surface area contributed by atoms with Crippen LogP contribution in [0.25, 0.3) is 0 Å². The summed E-state index contributed by atoms with van der Waals surface area (Å²) in [6.45, 7) is 9.88. The molecule has 2 rings (SSSR count). The minimum Gasteiger partial charge on any atom is -0.381 e. The van der Waals surface area contributed by atoms with Crippen molar-refractivity contribution in [1.29, 1.82) is 0 Å². The second-order valence-electron chi connectivity index (χ2n) is 5.29. The van der Waals surface area contributed by atoms with Crippen LogP contribution in [-0.4, -0.2) is 37.7 Å². The monoisotopic (exact) mass is 282 g/mol. The Bertz CT molecular complexity index is 383. The number of likely N-dealkylation sites (tertiary alicyclic amines) is 1. The van der Waals surface area contributed by atoms with E-state index in [1.165, 1.54) is 28.2 Å². The fraction of sp³-hybridized carbons (Fsp3) is 0.733. The highest BCUT2D eigenvalue weighted by atomic mass is 32.1. The van der Waals surface area contributed by atoms with E-state index in [0.717, 1.165) is 32.7 Å². The lowest BCUT2D eigenvalue weighted by Crippen LogP contribution is -2.36. The maximum absolute atomic E-state index is 5.43. The average Bonchev–Trinajstić information content (AvgIpc) is 2.78. The number of piperidine rings is 1. The van der Waals surface area contributed by atoms with Gasteiger partial charge in [-0.2, -0.15) is 0 Å². The van der Waals surface area contributed by atoms with Gasteiger partial charge in [-0.05, 0) is 37.9 Å². The Kier molecular flexibility index (Phi) is 5.82. The van der Waals surface area contributed by atoms with Crippen LogP contribution in [0.4, 0.5) is 0 Å². The second kappa shape index (κ2) is 7.39.